The number of thioether (sulfide) groups is 1. The predicted molar refractivity (Wildman–Crippen MR) is 50.7 cm³/mol. The van der Waals surface area contributed by atoms with E-state index in [4.69, 9.17) is 4.42 Å². The summed E-state index contributed by atoms with van der Waals surface area (Å²) < 4.78 is 5.45. The zero-order valence-corrected chi connectivity index (χ0v) is 8.43. The molecule has 13 heavy (non-hydrogen) atoms. The Morgan fingerprint density at radius 1 is 1.46 bits per heavy atom. The van der Waals surface area contributed by atoms with Gasteiger partial charge in [0.25, 0.3) is 5.22 Å². The van der Waals surface area contributed by atoms with Crippen LogP contribution in [0.4, 0.5) is 0 Å². The number of hydrogen-bond acceptors (Lipinski definition) is 5. The Hall–Kier alpha value is -0.550. The molecular weight excluding hydrogens is 186 g/mol. The van der Waals surface area contributed by atoms with E-state index in [-0.39, 0.29) is 6.04 Å². The molecule has 72 valence electrons. The molecule has 1 aliphatic rings. The first-order valence-electron chi connectivity index (χ1n) is 4.51. The highest BCUT2D eigenvalue weighted by atomic mass is 32.2. The van der Waals surface area contributed by atoms with Crippen molar-refractivity contribution >= 4 is 11.8 Å². The van der Waals surface area contributed by atoms with E-state index >= 15 is 0 Å². The molecule has 0 aromatic carbocycles. The Bertz CT molecular complexity index is 270. The first kappa shape index (κ1) is 9.02. The molecule has 0 saturated carbocycles. The Morgan fingerprint density at radius 3 is 3.00 bits per heavy atom. The van der Waals surface area contributed by atoms with Crippen molar-refractivity contribution in [3.05, 3.63) is 5.89 Å². The van der Waals surface area contributed by atoms with Crippen LogP contribution in [0.3, 0.4) is 0 Å². The average Bonchev–Trinajstić information content (AvgIpc) is 2.67. The van der Waals surface area contributed by atoms with E-state index in [1.165, 1.54) is 24.6 Å². The highest BCUT2D eigenvalue weighted by molar-refractivity contribution is 7.98. The van der Waals surface area contributed by atoms with Gasteiger partial charge in [-0.15, -0.1) is 10.2 Å². The molecule has 0 aliphatic carbocycles. The molecule has 0 bridgehead atoms. The summed E-state index contributed by atoms with van der Waals surface area (Å²) in [6, 6.07) is 0.280. The lowest BCUT2D eigenvalue weighted by atomic mass is 10.1. The predicted octanol–water partition coefficient (Wildman–Crippen LogP) is 1.61. The smallest absolute Gasteiger partial charge is 0.276 e. The van der Waals surface area contributed by atoms with Crippen molar-refractivity contribution in [1.29, 1.82) is 0 Å². The van der Waals surface area contributed by atoms with Crippen molar-refractivity contribution < 1.29 is 4.42 Å². The number of aromatic nitrogens is 2. The Balaban J connectivity index is 2.05. The number of hydrogen-bond donors (Lipinski definition) is 1. The summed E-state index contributed by atoms with van der Waals surface area (Å²) in [6.45, 7) is 1.06. The van der Waals surface area contributed by atoms with Gasteiger partial charge in [0.05, 0.1) is 6.04 Å². The molecule has 0 amide bonds. The lowest BCUT2D eigenvalue weighted by Crippen LogP contribution is -2.26. The first-order chi connectivity index (χ1) is 6.40. The quantitative estimate of drug-likeness (QED) is 0.733. The topological polar surface area (TPSA) is 51.0 Å². The molecule has 0 spiro atoms. The van der Waals surface area contributed by atoms with Crippen molar-refractivity contribution in [2.75, 3.05) is 12.8 Å². The Kier molecular flexibility index (Phi) is 2.85. The second kappa shape index (κ2) is 4.11. The van der Waals surface area contributed by atoms with Crippen LogP contribution >= 0.6 is 11.8 Å². The average molecular weight is 199 g/mol. The summed E-state index contributed by atoms with van der Waals surface area (Å²) in [5, 5.41) is 11.9. The maximum Gasteiger partial charge on any atom is 0.276 e. The van der Waals surface area contributed by atoms with Crippen LogP contribution in [0.2, 0.25) is 0 Å². The Morgan fingerprint density at radius 2 is 2.38 bits per heavy atom. The van der Waals surface area contributed by atoms with Gasteiger partial charge in [-0.25, -0.2) is 0 Å². The van der Waals surface area contributed by atoms with Crippen molar-refractivity contribution in [3.8, 4) is 0 Å². The Labute approximate surface area is 81.5 Å². The molecule has 5 heteroatoms. The summed E-state index contributed by atoms with van der Waals surface area (Å²) in [5.41, 5.74) is 0. The highest BCUT2D eigenvalue weighted by Gasteiger charge is 2.20. The largest absolute Gasteiger partial charge is 0.414 e. The van der Waals surface area contributed by atoms with E-state index in [9.17, 15) is 0 Å². The third-order valence-corrected chi connectivity index (χ3v) is 2.72. The van der Waals surface area contributed by atoms with E-state index in [2.05, 4.69) is 15.5 Å². The summed E-state index contributed by atoms with van der Waals surface area (Å²) in [7, 11) is 0. The van der Waals surface area contributed by atoms with Crippen LogP contribution in [0.15, 0.2) is 9.64 Å². The molecule has 2 heterocycles. The van der Waals surface area contributed by atoms with Gasteiger partial charge in [-0.05, 0) is 25.6 Å². The maximum absolute atomic E-state index is 5.45. The number of nitrogens with zero attached hydrogens (tertiary/aromatic N) is 2. The molecule has 2 rings (SSSR count). The van der Waals surface area contributed by atoms with Crippen LogP contribution in [0, 0.1) is 0 Å². The lowest BCUT2D eigenvalue weighted by molar-refractivity contribution is 0.315. The zero-order valence-electron chi connectivity index (χ0n) is 7.62. The van der Waals surface area contributed by atoms with E-state index in [0.717, 1.165) is 18.9 Å². The monoisotopic (exact) mass is 199 g/mol. The van der Waals surface area contributed by atoms with Gasteiger partial charge < -0.3 is 9.73 Å². The summed E-state index contributed by atoms with van der Waals surface area (Å²) in [5.74, 6) is 0.740. The van der Waals surface area contributed by atoms with Crippen LogP contribution in [-0.2, 0) is 0 Å². The van der Waals surface area contributed by atoms with Gasteiger partial charge in [0, 0.05) is 0 Å². The minimum atomic E-state index is 0.280. The molecular formula is C8H13N3OS. The summed E-state index contributed by atoms with van der Waals surface area (Å²) in [4.78, 5) is 0. The molecule has 1 aromatic rings. The molecule has 1 fully saturated rings. The fourth-order valence-electron chi connectivity index (χ4n) is 1.51. The fourth-order valence-corrected chi connectivity index (χ4v) is 1.80. The minimum absolute atomic E-state index is 0.280. The SMILES string of the molecule is CSc1nnc(C2CCCCN2)o1. The van der Waals surface area contributed by atoms with Crippen molar-refractivity contribution in [3.63, 3.8) is 0 Å². The van der Waals surface area contributed by atoms with Gasteiger partial charge in [0.2, 0.25) is 5.89 Å². The van der Waals surface area contributed by atoms with Crippen LogP contribution in [0.5, 0.6) is 0 Å². The molecule has 1 saturated heterocycles. The minimum Gasteiger partial charge on any atom is -0.414 e. The molecule has 1 atom stereocenters. The van der Waals surface area contributed by atoms with E-state index in [1.54, 1.807) is 0 Å². The van der Waals surface area contributed by atoms with Gasteiger partial charge >= 0.3 is 0 Å². The third-order valence-electron chi connectivity index (χ3n) is 2.21. The molecule has 1 unspecified atom stereocenters. The molecule has 0 radical (unpaired) electrons. The van der Waals surface area contributed by atoms with Crippen molar-refractivity contribution in [2.45, 2.75) is 30.5 Å². The molecule has 1 N–H and O–H groups in total. The summed E-state index contributed by atoms with van der Waals surface area (Å²) in [6.07, 6.45) is 5.54. The van der Waals surface area contributed by atoms with Crippen molar-refractivity contribution in [2.24, 2.45) is 0 Å². The van der Waals surface area contributed by atoms with Gasteiger partial charge in [-0.1, -0.05) is 18.2 Å². The molecule has 1 aromatic heterocycles. The number of piperidine rings is 1. The fraction of sp³-hybridized carbons (Fsp3) is 0.750. The maximum atomic E-state index is 5.45. The second-order valence-corrected chi connectivity index (χ2v) is 3.87. The van der Waals surface area contributed by atoms with Crippen molar-refractivity contribution in [1.82, 2.24) is 15.5 Å². The van der Waals surface area contributed by atoms with Crippen LogP contribution in [0.25, 0.3) is 0 Å². The van der Waals surface area contributed by atoms with E-state index < -0.39 is 0 Å². The number of nitrogens with one attached hydrogen (secondary N) is 1. The van der Waals surface area contributed by atoms with E-state index in [1.807, 2.05) is 6.26 Å². The number of rotatable bonds is 2. The standard InChI is InChI=1S/C8H13N3OS/c1-13-8-11-10-7(12-8)6-4-2-3-5-9-6/h6,9H,2-5H2,1H3. The van der Waals surface area contributed by atoms with Crippen LogP contribution in [-0.4, -0.2) is 23.0 Å². The normalized spacial score (nSPS) is 23.3. The van der Waals surface area contributed by atoms with Crippen LogP contribution < -0.4 is 5.32 Å². The lowest BCUT2D eigenvalue weighted by Gasteiger charge is -2.19. The van der Waals surface area contributed by atoms with E-state index in [0.29, 0.717) is 5.22 Å². The third kappa shape index (κ3) is 2.03. The van der Waals surface area contributed by atoms with Gasteiger partial charge in [-0.3, -0.25) is 0 Å². The van der Waals surface area contributed by atoms with Gasteiger partial charge in [0.1, 0.15) is 0 Å². The summed E-state index contributed by atoms with van der Waals surface area (Å²) >= 11 is 1.49. The zero-order chi connectivity index (χ0) is 9.10. The highest BCUT2D eigenvalue weighted by Crippen LogP contribution is 2.23. The molecule has 1 aliphatic heterocycles. The van der Waals surface area contributed by atoms with Gasteiger partial charge in [0.15, 0.2) is 0 Å². The van der Waals surface area contributed by atoms with Gasteiger partial charge in [-0.2, -0.15) is 0 Å². The second-order valence-electron chi connectivity index (χ2n) is 3.11. The first-order valence-corrected chi connectivity index (χ1v) is 5.73. The molecule has 4 nitrogen and oxygen atoms in total. The van der Waals surface area contributed by atoms with Crippen LogP contribution in [0.1, 0.15) is 31.2 Å².